The van der Waals surface area contributed by atoms with Gasteiger partial charge >= 0.3 is 6.09 Å². The number of alkyl halides is 2. The molecule has 0 aliphatic heterocycles. The Morgan fingerprint density at radius 1 is 1.17 bits per heavy atom. The maximum absolute atomic E-state index is 13.2. The van der Waals surface area contributed by atoms with E-state index < -0.39 is 43.9 Å². The van der Waals surface area contributed by atoms with Gasteiger partial charge in [-0.2, -0.15) is 16.8 Å². The van der Waals surface area contributed by atoms with Crippen LogP contribution < -0.4 is 5.32 Å². The van der Waals surface area contributed by atoms with Gasteiger partial charge in [0.05, 0.1) is 25.2 Å². The number of hydrogen-bond acceptors (Lipinski definition) is 7. The fraction of sp³-hybridized carbons (Fsp3) is 0.938. The fourth-order valence-corrected chi connectivity index (χ4v) is 3.00. The molecule has 174 valence electrons. The van der Waals surface area contributed by atoms with Gasteiger partial charge in [0, 0.05) is 12.8 Å². The second-order valence-electron chi connectivity index (χ2n) is 8.10. The van der Waals surface area contributed by atoms with Crippen molar-refractivity contribution in [2.24, 2.45) is 5.92 Å². The van der Waals surface area contributed by atoms with E-state index in [2.05, 4.69) is 5.32 Å². The summed E-state index contributed by atoms with van der Waals surface area (Å²) in [6, 6.07) is -0.619. The van der Waals surface area contributed by atoms with Crippen molar-refractivity contribution in [2.45, 2.75) is 70.4 Å². The molecule has 0 heterocycles. The fourth-order valence-electron chi connectivity index (χ4n) is 2.59. The Bertz CT molecular complexity index is 715. The zero-order valence-corrected chi connectivity index (χ0v) is 18.9. The van der Waals surface area contributed by atoms with E-state index in [9.17, 15) is 30.4 Å². The van der Waals surface area contributed by atoms with E-state index in [1.165, 1.54) is 0 Å². The first-order valence-electron chi connectivity index (χ1n) is 8.90. The van der Waals surface area contributed by atoms with Crippen molar-refractivity contribution in [3.8, 4) is 0 Å². The van der Waals surface area contributed by atoms with E-state index >= 15 is 0 Å². The van der Waals surface area contributed by atoms with Gasteiger partial charge in [0.2, 0.25) is 5.92 Å². The molecule has 0 spiro atoms. The Hall–Kier alpha value is -1.05. The molecule has 0 aromatic carbocycles. The highest BCUT2D eigenvalue weighted by Crippen LogP contribution is 2.37. The number of alkyl carbamates (subject to hydrolysis) is 1. The van der Waals surface area contributed by atoms with Crippen LogP contribution >= 0.6 is 0 Å². The molecule has 1 aliphatic carbocycles. The van der Waals surface area contributed by atoms with Crippen LogP contribution in [0.25, 0.3) is 0 Å². The number of nitrogens with one attached hydrogen (secondary N) is 1. The third-order valence-corrected chi connectivity index (χ3v) is 4.22. The Kier molecular flexibility index (Phi) is 10.4. The molecule has 0 aromatic rings. The summed E-state index contributed by atoms with van der Waals surface area (Å²) in [6.45, 7) is 4.87. The van der Waals surface area contributed by atoms with Crippen molar-refractivity contribution in [1.29, 1.82) is 0 Å². The molecule has 1 amide bonds. The van der Waals surface area contributed by atoms with E-state index in [1.807, 2.05) is 0 Å². The maximum atomic E-state index is 13.2. The molecule has 0 aromatic heterocycles. The van der Waals surface area contributed by atoms with Crippen LogP contribution in [0.3, 0.4) is 0 Å². The zero-order valence-electron chi connectivity index (χ0n) is 17.3. The predicted octanol–water partition coefficient (Wildman–Crippen LogP) is 2.58. The molecule has 1 fully saturated rings. The third-order valence-electron chi connectivity index (χ3n) is 3.66. The Morgan fingerprint density at radius 2 is 1.62 bits per heavy atom. The van der Waals surface area contributed by atoms with Crippen LogP contribution in [-0.4, -0.2) is 64.2 Å². The van der Waals surface area contributed by atoms with Crippen LogP contribution in [0.4, 0.5) is 13.6 Å². The minimum Gasteiger partial charge on any atom is -0.444 e. The highest BCUT2D eigenvalue weighted by molar-refractivity contribution is 7.86. The van der Waals surface area contributed by atoms with Gasteiger partial charge in [0.1, 0.15) is 5.60 Å². The summed E-state index contributed by atoms with van der Waals surface area (Å²) >= 11 is 0. The maximum Gasteiger partial charge on any atom is 0.407 e. The molecule has 1 rings (SSSR count). The smallest absolute Gasteiger partial charge is 0.407 e. The molecule has 29 heavy (non-hydrogen) atoms. The number of carbonyl (C=O) groups is 1. The first-order valence-corrected chi connectivity index (χ1v) is 12.6. The summed E-state index contributed by atoms with van der Waals surface area (Å²) in [6.07, 6.45) is 1.59. The number of ether oxygens (including phenoxy) is 1. The molecule has 0 radical (unpaired) electrons. The van der Waals surface area contributed by atoms with Crippen molar-refractivity contribution in [3.05, 3.63) is 0 Å². The van der Waals surface area contributed by atoms with E-state index in [1.54, 1.807) is 20.8 Å². The largest absolute Gasteiger partial charge is 0.444 e. The number of rotatable bonds is 6. The zero-order chi connectivity index (χ0) is 23.1. The minimum atomic E-state index is -3.67. The summed E-state index contributed by atoms with van der Waals surface area (Å²) in [5.41, 5.74) is -0.695. The van der Waals surface area contributed by atoms with Crippen LogP contribution in [0.5, 0.6) is 0 Å². The summed E-state index contributed by atoms with van der Waals surface area (Å²) in [5, 5.41) is 2.58. The van der Waals surface area contributed by atoms with Crippen molar-refractivity contribution < 1.29 is 43.9 Å². The lowest BCUT2D eigenvalue weighted by Gasteiger charge is -2.31. The lowest BCUT2D eigenvalue weighted by atomic mass is 9.83. The molecular formula is C16H31F2NO8S2. The molecule has 2 N–H and O–H groups in total. The Morgan fingerprint density at radius 3 is 2.00 bits per heavy atom. The molecule has 0 bridgehead atoms. The van der Waals surface area contributed by atoms with Crippen molar-refractivity contribution >= 4 is 26.3 Å². The van der Waals surface area contributed by atoms with Crippen LogP contribution in [0.2, 0.25) is 0 Å². The topological polar surface area (TPSA) is 136 Å². The van der Waals surface area contributed by atoms with Gasteiger partial charge < -0.3 is 10.1 Å². The van der Waals surface area contributed by atoms with Crippen molar-refractivity contribution in [1.82, 2.24) is 5.32 Å². The summed E-state index contributed by atoms with van der Waals surface area (Å²) < 4.78 is 84.5. The molecule has 9 nitrogen and oxygen atoms in total. The number of carbonyl (C=O) groups excluding carboxylic acids is 1. The SMILES string of the molecule is CC(C)(C)OC(=O)N[C@H](COS(C)(=O)=O)CC1CCC(F)(F)CC1.CS(=O)(=O)O. The Labute approximate surface area is 171 Å². The monoisotopic (exact) mass is 467 g/mol. The standard InChI is InChI=1S/C15H27F2NO5S.CH4O3S/c1-14(2,3)23-13(19)18-12(10-22-24(4,20)21)9-11-5-7-15(16,17)8-6-11;1-5(2,3)4/h11-12H,5-10H2,1-4H3,(H,18,19);1H3,(H,2,3,4)/t12-;/m0./s1. The van der Waals surface area contributed by atoms with Gasteiger partial charge in [0.25, 0.3) is 20.2 Å². The van der Waals surface area contributed by atoms with Crippen LogP contribution in [0, 0.1) is 5.92 Å². The normalized spacial score (nSPS) is 18.9. The summed E-state index contributed by atoms with van der Waals surface area (Å²) in [4.78, 5) is 11.9. The number of hydrogen-bond donors (Lipinski definition) is 2. The third kappa shape index (κ3) is 18.7. The van der Waals surface area contributed by atoms with Gasteiger partial charge in [0.15, 0.2) is 0 Å². The lowest BCUT2D eigenvalue weighted by Crippen LogP contribution is -2.43. The van der Waals surface area contributed by atoms with Crippen LogP contribution in [-0.2, 0) is 29.2 Å². The second-order valence-corrected chi connectivity index (χ2v) is 11.2. The van der Waals surface area contributed by atoms with E-state index in [0.717, 1.165) is 6.26 Å². The van der Waals surface area contributed by atoms with Crippen molar-refractivity contribution in [2.75, 3.05) is 19.1 Å². The second kappa shape index (κ2) is 10.8. The first-order chi connectivity index (χ1) is 12.8. The number of amides is 1. The van der Waals surface area contributed by atoms with E-state index in [4.69, 9.17) is 13.5 Å². The highest BCUT2D eigenvalue weighted by atomic mass is 32.2. The molecule has 0 saturated heterocycles. The quantitative estimate of drug-likeness (QED) is 0.449. The highest BCUT2D eigenvalue weighted by Gasteiger charge is 2.36. The van der Waals surface area contributed by atoms with Crippen LogP contribution in [0.1, 0.15) is 52.9 Å². The first kappa shape index (κ1) is 27.9. The summed E-state index contributed by atoms with van der Waals surface area (Å²) in [5.74, 6) is -2.65. The van der Waals surface area contributed by atoms with Gasteiger partial charge in [-0.1, -0.05) is 0 Å². The molecule has 13 heteroatoms. The van der Waals surface area contributed by atoms with E-state index in [0.29, 0.717) is 25.5 Å². The predicted molar refractivity (Wildman–Crippen MR) is 103 cm³/mol. The molecule has 0 unspecified atom stereocenters. The Balaban J connectivity index is 0.00000139. The molecule has 1 saturated carbocycles. The average Bonchev–Trinajstić information content (AvgIpc) is 2.42. The van der Waals surface area contributed by atoms with Gasteiger partial charge in [-0.25, -0.2) is 13.6 Å². The molecule has 1 aliphatic rings. The van der Waals surface area contributed by atoms with E-state index in [-0.39, 0.29) is 25.4 Å². The molecule has 1 atom stereocenters. The minimum absolute atomic E-state index is 0.0206. The van der Waals surface area contributed by atoms with Gasteiger partial charge in [-0.15, -0.1) is 0 Å². The molecular weight excluding hydrogens is 436 g/mol. The average molecular weight is 468 g/mol. The van der Waals surface area contributed by atoms with Gasteiger partial charge in [-0.05, 0) is 46.0 Å². The van der Waals surface area contributed by atoms with Crippen LogP contribution in [0.15, 0.2) is 0 Å². The number of halogens is 2. The summed E-state index contributed by atoms with van der Waals surface area (Å²) in [7, 11) is -7.33. The van der Waals surface area contributed by atoms with Crippen molar-refractivity contribution in [3.63, 3.8) is 0 Å². The lowest BCUT2D eigenvalue weighted by molar-refractivity contribution is -0.0479. The van der Waals surface area contributed by atoms with Gasteiger partial charge in [-0.3, -0.25) is 8.74 Å².